The molecule has 0 spiro atoms. The van der Waals surface area contributed by atoms with Gasteiger partial charge in [0, 0.05) is 12.1 Å². The third-order valence-electron chi connectivity index (χ3n) is 4.70. The monoisotopic (exact) mass is 253 g/mol. The molecule has 0 aromatic rings. The molecule has 3 aliphatic rings. The molecule has 1 saturated carbocycles. The lowest BCUT2D eigenvalue weighted by atomic mass is 9.95. The van der Waals surface area contributed by atoms with E-state index in [1.165, 1.54) is 0 Å². The molecule has 0 aromatic carbocycles. The van der Waals surface area contributed by atoms with Crippen molar-refractivity contribution in [1.29, 1.82) is 0 Å². The summed E-state index contributed by atoms with van der Waals surface area (Å²) in [5.74, 6) is 0.0372. The Morgan fingerprint density at radius 1 is 1.28 bits per heavy atom. The number of aliphatic hydroxyl groups excluding tert-OH is 1. The Bertz CT molecular complexity index is 391. The van der Waals surface area contributed by atoms with Crippen LogP contribution in [0.5, 0.6) is 0 Å². The Kier molecular flexibility index (Phi) is 2.52. The minimum absolute atomic E-state index is 0.00259. The van der Waals surface area contributed by atoms with Crippen LogP contribution in [0, 0.1) is 5.41 Å². The first-order chi connectivity index (χ1) is 8.58. The number of piperidine rings is 1. The Morgan fingerprint density at radius 2 is 1.83 bits per heavy atom. The van der Waals surface area contributed by atoms with Crippen LogP contribution < -0.4 is 5.73 Å². The lowest BCUT2D eigenvalue weighted by molar-refractivity contribution is -0.140. The SMILES string of the molecule is NC(=NO)C1(C(=O)N2C3CCC2CC(O)C3)CC1. The largest absolute Gasteiger partial charge is 0.409 e. The Labute approximate surface area is 105 Å². The van der Waals surface area contributed by atoms with Gasteiger partial charge in [0.15, 0.2) is 5.84 Å². The molecule has 2 aliphatic heterocycles. The molecule has 1 amide bonds. The summed E-state index contributed by atoms with van der Waals surface area (Å²) in [4.78, 5) is 14.5. The van der Waals surface area contributed by atoms with Crippen molar-refractivity contribution in [3.63, 3.8) is 0 Å². The van der Waals surface area contributed by atoms with E-state index in [1.807, 2.05) is 4.90 Å². The van der Waals surface area contributed by atoms with Crippen LogP contribution in [-0.4, -0.2) is 45.1 Å². The van der Waals surface area contributed by atoms with Crippen LogP contribution in [0.1, 0.15) is 38.5 Å². The number of amides is 1. The number of hydrogen-bond donors (Lipinski definition) is 3. The molecule has 2 atom stereocenters. The number of amidine groups is 1. The highest BCUT2D eigenvalue weighted by Crippen LogP contribution is 2.50. The first kappa shape index (κ1) is 11.8. The number of nitrogens with two attached hydrogens (primary N) is 1. The van der Waals surface area contributed by atoms with Crippen molar-refractivity contribution in [2.45, 2.75) is 56.7 Å². The molecule has 0 aromatic heterocycles. The molecule has 2 unspecified atom stereocenters. The summed E-state index contributed by atoms with van der Waals surface area (Å²) < 4.78 is 0. The number of aliphatic hydroxyl groups is 1. The molecule has 6 heteroatoms. The summed E-state index contributed by atoms with van der Waals surface area (Å²) >= 11 is 0. The highest BCUT2D eigenvalue weighted by atomic mass is 16.4. The van der Waals surface area contributed by atoms with Gasteiger partial charge in [0.2, 0.25) is 5.91 Å². The van der Waals surface area contributed by atoms with Gasteiger partial charge in [-0.2, -0.15) is 0 Å². The van der Waals surface area contributed by atoms with Crippen molar-refractivity contribution < 1.29 is 15.1 Å². The van der Waals surface area contributed by atoms with E-state index in [2.05, 4.69) is 5.16 Å². The topological polar surface area (TPSA) is 99.2 Å². The van der Waals surface area contributed by atoms with E-state index in [4.69, 9.17) is 10.9 Å². The molecule has 100 valence electrons. The molecule has 1 aliphatic carbocycles. The molecule has 2 heterocycles. The highest BCUT2D eigenvalue weighted by molar-refractivity contribution is 6.09. The number of carbonyl (C=O) groups is 1. The number of hydrogen-bond acceptors (Lipinski definition) is 4. The Balaban J connectivity index is 1.82. The Hall–Kier alpha value is -1.30. The van der Waals surface area contributed by atoms with Gasteiger partial charge < -0.3 is 20.9 Å². The summed E-state index contributed by atoms with van der Waals surface area (Å²) in [6.45, 7) is 0. The van der Waals surface area contributed by atoms with Crippen molar-refractivity contribution in [3.05, 3.63) is 0 Å². The van der Waals surface area contributed by atoms with E-state index >= 15 is 0 Å². The molecule has 3 fully saturated rings. The van der Waals surface area contributed by atoms with E-state index < -0.39 is 5.41 Å². The second kappa shape index (κ2) is 3.85. The third kappa shape index (κ3) is 1.51. The molecule has 2 bridgehead atoms. The van der Waals surface area contributed by atoms with Crippen LogP contribution in [0.15, 0.2) is 5.16 Å². The van der Waals surface area contributed by atoms with Crippen LogP contribution in [0.4, 0.5) is 0 Å². The Morgan fingerprint density at radius 3 is 2.28 bits per heavy atom. The fourth-order valence-electron chi connectivity index (χ4n) is 3.53. The lowest BCUT2D eigenvalue weighted by Crippen LogP contribution is -2.53. The number of fused-ring (bicyclic) bond motifs is 2. The van der Waals surface area contributed by atoms with Crippen molar-refractivity contribution >= 4 is 11.7 Å². The van der Waals surface area contributed by atoms with Gasteiger partial charge in [0.05, 0.1) is 6.10 Å². The van der Waals surface area contributed by atoms with Crippen molar-refractivity contribution in [2.75, 3.05) is 0 Å². The maximum atomic E-state index is 12.6. The van der Waals surface area contributed by atoms with E-state index in [9.17, 15) is 9.90 Å². The highest BCUT2D eigenvalue weighted by Gasteiger charge is 2.59. The normalized spacial score (nSPS) is 37.7. The molecular weight excluding hydrogens is 234 g/mol. The van der Waals surface area contributed by atoms with Gasteiger partial charge in [-0.25, -0.2) is 0 Å². The molecule has 0 radical (unpaired) electrons. The predicted molar refractivity (Wildman–Crippen MR) is 64.0 cm³/mol. The summed E-state index contributed by atoms with van der Waals surface area (Å²) in [5, 5.41) is 21.6. The quantitative estimate of drug-likeness (QED) is 0.280. The lowest BCUT2D eigenvalue weighted by Gasteiger charge is -2.39. The zero-order valence-electron chi connectivity index (χ0n) is 10.2. The van der Waals surface area contributed by atoms with Gasteiger partial charge in [-0.05, 0) is 38.5 Å². The van der Waals surface area contributed by atoms with E-state index in [-0.39, 0.29) is 29.9 Å². The molecule has 3 rings (SSSR count). The first-order valence-corrected chi connectivity index (χ1v) is 6.57. The summed E-state index contributed by atoms with van der Waals surface area (Å²) in [6, 6.07) is 0.269. The third-order valence-corrected chi connectivity index (χ3v) is 4.70. The minimum atomic E-state index is -0.752. The van der Waals surface area contributed by atoms with Crippen molar-refractivity contribution in [1.82, 2.24) is 4.90 Å². The average molecular weight is 253 g/mol. The van der Waals surface area contributed by atoms with Gasteiger partial charge in [-0.3, -0.25) is 4.79 Å². The minimum Gasteiger partial charge on any atom is -0.409 e. The van der Waals surface area contributed by atoms with Gasteiger partial charge in [0.25, 0.3) is 0 Å². The van der Waals surface area contributed by atoms with E-state index in [1.54, 1.807) is 0 Å². The van der Waals surface area contributed by atoms with Crippen LogP contribution in [0.3, 0.4) is 0 Å². The average Bonchev–Trinajstić information content (AvgIpc) is 3.10. The fourth-order valence-corrected chi connectivity index (χ4v) is 3.53. The zero-order chi connectivity index (χ0) is 12.9. The number of carbonyl (C=O) groups excluding carboxylic acids is 1. The number of rotatable bonds is 2. The van der Waals surface area contributed by atoms with Gasteiger partial charge >= 0.3 is 0 Å². The van der Waals surface area contributed by atoms with E-state index in [0.717, 1.165) is 12.8 Å². The second-order valence-electron chi connectivity index (χ2n) is 5.79. The van der Waals surface area contributed by atoms with Gasteiger partial charge in [-0.15, -0.1) is 0 Å². The van der Waals surface area contributed by atoms with Crippen LogP contribution in [-0.2, 0) is 4.79 Å². The maximum absolute atomic E-state index is 12.6. The van der Waals surface area contributed by atoms with Crippen LogP contribution in [0.2, 0.25) is 0 Å². The second-order valence-corrected chi connectivity index (χ2v) is 5.79. The summed E-state index contributed by atoms with van der Waals surface area (Å²) in [5.41, 5.74) is 4.91. The molecule has 4 N–H and O–H groups in total. The predicted octanol–water partition coefficient (Wildman–Crippen LogP) is 0.0273. The molecule has 18 heavy (non-hydrogen) atoms. The fraction of sp³-hybridized carbons (Fsp3) is 0.833. The molecule has 2 saturated heterocycles. The number of oxime groups is 1. The first-order valence-electron chi connectivity index (χ1n) is 6.57. The van der Waals surface area contributed by atoms with Gasteiger partial charge in [-0.1, -0.05) is 5.16 Å². The summed E-state index contributed by atoms with van der Waals surface area (Å²) in [6.07, 6.45) is 4.29. The van der Waals surface area contributed by atoms with E-state index in [0.29, 0.717) is 25.7 Å². The van der Waals surface area contributed by atoms with Crippen molar-refractivity contribution in [2.24, 2.45) is 16.3 Å². The maximum Gasteiger partial charge on any atom is 0.237 e. The standard InChI is InChI=1S/C12H19N3O3/c13-10(14-18)12(3-4-12)11(17)15-7-1-2-8(15)6-9(16)5-7/h7-9,16,18H,1-6H2,(H2,13,14). The molecule has 6 nitrogen and oxygen atoms in total. The smallest absolute Gasteiger partial charge is 0.237 e. The van der Waals surface area contributed by atoms with Crippen molar-refractivity contribution in [3.8, 4) is 0 Å². The van der Waals surface area contributed by atoms with Crippen LogP contribution >= 0.6 is 0 Å². The zero-order valence-corrected chi connectivity index (χ0v) is 10.2. The van der Waals surface area contributed by atoms with Gasteiger partial charge in [0.1, 0.15) is 5.41 Å². The summed E-state index contributed by atoms with van der Waals surface area (Å²) in [7, 11) is 0. The van der Waals surface area contributed by atoms with Crippen LogP contribution in [0.25, 0.3) is 0 Å². The molecular formula is C12H19N3O3. The number of nitrogens with zero attached hydrogens (tertiary/aromatic N) is 2.